The Morgan fingerprint density at radius 1 is 1.40 bits per heavy atom. The fourth-order valence-electron chi connectivity index (χ4n) is 2.89. The summed E-state index contributed by atoms with van der Waals surface area (Å²) in [5, 5.41) is 2.18. The maximum Gasteiger partial charge on any atom is 0.127 e. The highest BCUT2D eigenvalue weighted by Gasteiger charge is 2.24. The Labute approximate surface area is 123 Å². The molecular formula is C16H19FN2S. The molecule has 0 saturated carbocycles. The Morgan fingerprint density at radius 3 is 3.05 bits per heavy atom. The van der Waals surface area contributed by atoms with Crippen LogP contribution in [0.3, 0.4) is 0 Å². The van der Waals surface area contributed by atoms with Crippen molar-refractivity contribution in [2.75, 3.05) is 6.54 Å². The molecule has 0 saturated heterocycles. The first-order valence-corrected chi connectivity index (χ1v) is 7.84. The quantitative estimate of drug-likeness (QED) is 0.938. The molecule has 0 radical (unpaired) electrons. The molecule has 1 unspecified atom stereocenters. The Balaban J connectivity index is 1.79. The van der Waals surface area contributed by atoms with Crippen molar-refractivity contribution in [3.8, 4) is 0 Å². The number of hydrogen-bond donors (Lipinski definition) is 1. The minimum Gasteiger partial charge on any atom is -0.326 e. The molecule has 4 heteroatoms. The number of benzene rings is 1. The first-order chi connectivity index (χ1) is 9.69. The van der Waals surface area contributed by atoms with Gasteiger partial charge in [0.2, 0.25) is 0 Å². The van der Waals surface area contributed by atoms with Crippen LogP contribution >= 0.6 is 11.3 Å². The van der Waals surface area contributed by atoms with Gasteiger partial charge in [0, 0.05) is 36.1 Å². The third-order valence-corrected chi connectivity index (χ3v) is 5.12. The van der Waals surface area contributed by atoms with Crippen LogP contribution in [-0.2, 0) is 19.5 Å². The van der Waals surface area contributed by atoms with Crippen LogP contribution in [0.4, 0.5) is 4.39 Å². The number of fused-ring (bicyclic) bond motifs is 1. The minimum atomic E-state index is -0.205. The molecule has 2 heterocycles. The van der Waals surface area contributed by atoms with Gasteiger partial charge in [-0.3, -0.25) is 4.90 Å². The van der Waals surface area contributed by atoms with Crippen molar-refractivity contribution in [2.24, 2.45) is 5.73 Å². The lowest BCUT2D eigenvalue weighted by Crippen LogP contribution is -2.32. The molecule has 0 spiro atoms. The molecule has 1 aromatic carbocycles. The van der Waals surface area contributed by atoms with Crippen LogP contribution in [0.2, 0.25) is 0 Å². The van der Waals surface area contributed by atoms with Gasteiger partial charge in [-0.25, -0.2) is 4.39 Å². The summed E-state index contributed by atoms with van der Waals surface area (Å²) < 4.78 is 13.5. The predicted molar refractivity (Wildman–Crippen MR) is 81.1 cm³/mol. The van der Waals surface area contributed by atoms with Gasteiger partial charge in [0.15, 0.2) is 0 Å². The van der Waals surface area contributed by atoms with Crippen LogP contribution in [0.25, 0.3) is 0 Å². The number of rotatable bonds is 3. The van der Waals surface area contributed by atoms with Crippen molar-refractivity contribution in [3.05, 3.63) is 57.0 Å². The number of thiophene rings is 1. The van der Waals surface area contributed by atoms with E-state index in [1.165, 1.54) is 16.5 Å². The molecule has 0 amide bonds. The van der Waals surface area contributed by atoms with Gasteiger partial charge in [-0.2, -0.15) is 0 Å². The van der Waals surface area contributed by atoms with E-state index in [0.717, 1.165) is 25.1 Å². The first-order valence-electron chi connectivity index (χ1n) is 6.96. The average molecular weight is 290 g/mol. The molecular weight excluding hydrogens is 271 g/mol. The molecule has 2 nitrogen and oxygen atoms in total. The molecule has 1 aliphatic rings. The highest BCUT2D eigenvalue weighted by atomic mass is 32.1. The molecule has 106 valence electrons. The van der Waals surface area contributed by atoms with Crippen LogP contribution in [-0.4, -0.2) is 11.4 Å². The van der Waals surface area contributed by atoms with E-state index in [0.29, 0.717) is 11.6 Å². The molecule has 3 rings (SSSR count). The number of halogens is 1. The van der Waals surface area contributed by atoms with Gasteiger partial charge in [-0.15, -0.1) is 11.3 Å². The summed E-state index contributed by atoms with van der Waals surface area (Å²) in [4.78, 5) is 3.96. The van der Waals surface area contributed by atoms with E-state index < -0.39 is 0 Å². The minimum absolute atomic E-state index is 0.205. The summed E-state index contributed by atoms with van der Waals surface area (Å²) in [5.41, 5.74) is 8.76. The molecule has 0 fully saturated rings. The van der Waals surface area contributed by atoms with Crippen molar-refractivity contribution in [3.63, 3.8) is 0 Å². The van der Waals surface area contributed by atoms with Crippen LogP contribution in [0.1, 0.15) is 34.5 Å². The highest BCUT2D eigenvalue weighted by molar-refractivity contribution is 7.10. The molecule has 1 aromatic heterocycles. The van der Waals surface area contributed by atoms with Gasteiger partial charge in [0.25, 0.3) is 0 Å². The van der Waals surface area contributed by atoms with Crippen molar-refractivity contribution < 1.29 is 4.39 Å². The normalized spacial score (nSPS) is 19.1. The van der Waals surface area contributed by atoms with Gasteiger partial charge >= 0.3 is 0 Å². The Hall–Kier alpha value is -1.23. The lowest BCUT2D eigenvalue weighted by atomic mass is 10.0. The smallest absolute Gasteiger partial charge is 0.127 e. The second-order valence-corrected chi connectivity index (χ2v) is 6.33. The molecule has 2 aromatic rings. The number of nitrogens with two attached hydrogens (primary N) is 1. The van der Waals surface area contributed by atoms with Crippen molar-refractivity contribution in [1.82, 2.24) is 4.90 Å². The summed E-state index contributed by atoms with van der Waals surface area (Å²) in [6, 6.07) is 7.95. The predicted octanol–water partition coefficient (Wildman–Crippen LogP) is 3.47. The molecule has 20 heavy (non-hydrogen) atoms. The van der Waals surface area contributed by atoms with E-state index in [9.17, 15) is 4.39 Å². The van der Waals surface area contributed by atoms with Crippen LogP contribution in [0.5, 0.6) is 0 Å². The third kappa shape index (κ3) is 2.51. The monoisotopic (exact) mass is 290 g/mol. The largest absolute Gasteiger partial charge is 0.326 e. The van der Waals surface area contributed by atoms with Gasteiger partial charge in [0.05, 0.1) is 0 Å². The molecule has 0 aliphatic carbocycles. The van der Waals surface area contributed by atoms with Gasteiger partial charge in [-0.1, -0.05) is 12.1 Å². The van der Waals surface area contributed by atoms with Crippen molar-refractivity contribution in [1.29, 1.82) is 0 Å². The zero-order chi connectivity index (χ0) is 14.1. The highest BCUT2D eigenvalue weighted by Crippen LogP contribution is 2.33. The molecule has 0 bridgehead atoms. The molecule has 1 aliphatic heterocycles. The first kappa shape index (κ1) is 13.7. The number of nitrogens with zero attached hydrogens (tertiary/aromatic N) is 1. The standard InChI is InChI=1S/C16H19FN2S/c1-11-14-5-7-20-16(14)4-6-19(11)10-12-2-3-15(17)13(8-12)9-18/h2-3,5,7-8,11H,4,6,9-10,18H2,1H3. The van der Waals surface area contributed by atoms with Crippen molar-refractivity contribution in [2.45, 2.75) is 32.5 Å². The van der Waals surface area contributed by atoms with E-state index in [2.05, 4.69) is 23.3 Å². The van der Waals surface area contributed by atoms with Crippen molar-refractivity contribution >= 4 is 11.3 Å². The third-order valence-electron chi connectivity index (χ3n) is 4.12. The lowest BCUT2D eigenvalue weighted by molar-refractivity contribution is 0.191. The zero-order valence-corrected chi connectivity index (χ0v) is 12.4. The Morgan fingerprint density at radius 2 is 2.25 bits per heavy atom. The van der Waals surface area contributed by atoms with Gasteiger partial charge in [-0.05, 0) is 42.0 Å². The van der Waals surface area contributed by atoms with Gasteiger partial charge in [0.1, 0.15) is 5.82 Å². The second-order valence-electron chi connectivity index (χ2n) is 5.33. The van der Waals surface area contributed by atoms with Gasteiger partial charge < -0.3 is 5.73 Å². The maximum absolute atomic E-state index is 13.5. The summed E-state index contributed by atoms with van der Waals surface area (Å²) in [6.07, 6.45) is 1.11. The maximum atomic E-state index is 13.5. The Bertz CT molecular complexity index is 608. The van der Waals surface area contributed by atoms with E-state index in [-0.39, 0.29) is 12.4 Å². The van der Waals surface area contributed by atoms with E-state index in [1.807, 2.05) is 23.5 Å². The van der Waals surface area contributed by atoms with E-state index >= 15 is 0 Å². The molecule has 1 atom stereocenters. The molecule has 2 N–H and O–H groups in total. The fraction of sp³-hybridized carbons (Fsp3) is 0.375. The summed E-state index contributed by atoms with van der Waals surface area (Å²) >= 11 is 1.85. The van der Waals surface area contributed by atoms with E-state index in [4.69, 9.17) is 5.73 Å². The van der Waals surface area contributed by atoms with Crippen LogP contribution in [0.15, 0.2) is 29.6 Å². The van der Waals surface area contributed by atoms with Crippen LogP contribution in [0, 0.1) is 5.82 Å². The fourth-order valence-corrected chi connectivity index (χ4v) is 3.86. The zero-order valence-electron chi connectivity index (χ0n) is 11.6. The van der Waals surface area contributed by atoms with Crippen LogP contribution < -0.4 is 5.73 Å². The topological polar surface area (TPSA) is 29.3 Å². The summed E-state index contributed by atoms with van der Waals surface area (Å²) in [7, 11) is 0. The second kappa shape index (κ2) is 5.64. The average Bonchev–Trinajstić information content (AvgIpc) is 2.93. The SMILES string of the molecule is CC1c2ccsc2CCN1Cc1ccc(F)c(CN)c1. The summed E-state index contributed by atoms with van der Waals surface area (Å²) in [5.74, 6) is -0.205. The Kier molecular flexibility index (Phi) is 3.87. The lowest BCUT2D eigenvalue weighted by Gasteiger charge is -2.33. The summed E-state index contributed by atoms with van der Waals surface area (Å²) in [6.45, 7) is 4.41. The van der Waals surface area contributed by atoms with E-state index in [1.54, 1.807) is 0 Å². The number of hydrogen-bond acceptors (Lipinski definition) is 3.